The Morgan fingerprint density at radius 3 is 2.89 bits per heavy atom. The van der Waals surface area contributed by atoms with Crippen molar-refractivity contribution in [2.24, 2.45) is 0 Å². The van der Waals surface area contributed by atoms with E-state index in [1.54, 1.807) is 7.11 Å². The molecule has 0 spiro atoms. The molecule has 4 heteroatoms. The van der Waals surface area contributed by atoms with Crippen molar-refractivity contribution in [2.75, 3.05) is 24.7 Å². The molecule has 0 heterocycles. The zero-order valence-electron chi connectivity index (χ0n) is 11.2. The van der Waals surface area contributed by atoms with E-state index < -0.39 is 0 Å². The Balaban J connectivity index is 2.36. The van der Waals surface area contributed by atoms with Gasteiger partial charge < -0.3 is 9.50 Å². The highest BCUT2D eigenvalue weighted by Crippen LogP contribution is 2.21. The summed E-state index contributed by atoms with van der Waals surface area (Å²) in [5.74, 6) is 1.07. The molecule has 1 N–H and O–H groups in total. The predicted octanol–water partition coefficient (Wildman–Crippen LogP) is 4.41. The average Bonchev–Trinajstić information content (AvgIpc) is 2.36. The molecule has 0 aromatic heterocycles. The van der Waals surface area contributed by atoms with Crippen LogP contribution < -0.4 is 5.32 Å². The Morgan fingerprint density at radius 1 is 1.33 bits per heavy atom. The van der Waals surface area contributed by atoms with E-state index in [1.165, 1.54) is 36.1 Å². The maximum absolute atomic E-state index is 4.96. The lowest BCUT2D eigenvalue weighted by Gasteiger charge is -2.12. The van der Waals surface area contributed by atoms with Crippen molar-refractivity contribution < 1.29 is 4.18 Å². The van der Waals surface area contributed by atoms with Gasteiger partial charge in [0.1, 0.15) is 0 Å². The van der Waals surface area contributed by atoms with Crippen LogP contribution in [0.25, 0.3) is 0 Å². The fourth-order valence-corrected chi connectivity index (χ4v) is 2.54. The van der Waals surface area contributed by atoms with E-state index in [4.69, 9.17) is 4.18 Å². The van der Waals surface area contributed by atoms with Crippen molar-refractivity contribution in [1.82, 2.24) is 0 Å². The first-order valence-electron chi connectivity index (χ1n) is 6.49. The molecular weight excluding hydrogens is 262 g/mol. The summed E-state index contributed by atoms with van der Waals surface area (Å²) in [7, 11) is 1.72. The first kappa shape index (κ1) is 15.7. The molecule has 0 atom stereocenters. The number of hydrogen-bond acceptors (Lipinski definition) is 4. The number of unbranched alkanes of at least 4 members (excludes halogenated alkanes) is 1. The van der Waals surface area contributed by atoms with Gasteiger partial charge in [-0.2, -0.15) is 0 Å². The van der Waals surface area contributed by atoms with E-state index in [1.807, 2.05) is 6.07 Å². The van der Waals surface area contributed by atoms with E-state index in [-0.39, 0.29) is 0 Å². The fourth-order valence-electron chi connectivity index (χ4n) is 1.82. The summed E-state index contributed by atoms with van der Waals surface area (Å²) in [6, 6.07) is 6.35. The van der Waals surface area contributed by atoms with Gasteiger partial charge >= 0.3 is 0 Å². The SMILES string of the molecule is CCCc1cc(S)ccc1NCCCCSOC. The Bertz CT molecular complexity index is 345. The fraction of sp³-hybridized carbons (Fsp3) is 0.571. The van der Waals surface area contributed by atoms with Crippen LogP contribution in [0.5, 0.6) is 0 Å². The number of rotatable bonds is 9. The third-order valence-electron chi connectivity index (χ3n) is 2.70. The van der Waals surface area contributed by atoms with Gasteiger partial charge in [-0.1, -0.05) is 13.3 Å². The molecule has 0 fully saturated rings. The van der Waals surface area contributed by atoms with Crippen LogP contribution in [0.15, 0.2) is 23.1 Å². The van der Waals surface area contributed by atoms with Crippen molar-refractivity contribution in [3.63, 3.8) is 0 Å². The van der Waals surface area contributed by atoms with Crippen LogP contribution in [-0.2, 0) is 10.6 Å². The minimum Gasteiger partial charge on any atom is -0.385 e. The number of thiol groups is 1. The molecular formula is C14H23NOS2. The van der Waals surface area contributed by atoms with Gasteiger partial charge in [-0.15, -0.1) is 12.6 Å². The topological polar surface area (TPSA) is 21.3 Å². The monoisotopic (exact) mass is 285 g/mol. The molecule has 102 valence electrons. The first-order chi connectivity index (χ1) is 8.77. The molecule has 0 aliphatic rings. The summed E-state index contributed by atoms with van der Waals surface area (Å²) < 4.78 is 4.96. The van der Waals surface area contributed by atoms with Gasteiger partial charge in [0, 0.05) is 22.9 Å². The number of aryl methyl sites for hydroxylation is 1. The molecule has 1 aromatic rings. The Labute approximate surface area is 121 Å². The summed E-state index contributed by atoms with van der Waals surface area (Å²) in [5, 5.41) is 3.52. The molecule has 18 heavy (non-hydrogen) atoms. The summed E-state index contributed by atoms with van der Waals surface area (Å²) in [6.07, 6.45) is 4.62. The van der Waals surface area contributed by atoms with Gasteiger partial charge in [0.15, 0.2) is 0 Å². The van der Waals surface area contributed by atoms with Crippen LogP contribution in [0, 0.1) is 0 Å². The lowest BCUT2D eigenvalue weighted by molar-refractivity contribution is 0.488. The highest BCUT2D eigenvalue weighted by Gasteiger charge is 2.01. The maximum Gasteiger partial charge on any atom is 0.0503 e. The minimum absolute atomic E-state index is 1.02. The molecule has 2 nitrogen and oxygen atoms in total. The Morgan fingerprint density at radius 2 is 2.17 bits per heavy atom. The van der Waals surface area contributed by atoms with E-state index in [9.17, 15) is 0 Å². The van der Waals surface area contributed by atoms with E-state index in [0.29, 0.717) is 0 Å². The molecule has 1 rings (SSSR count). The third-order valence-corrected chi connectivity index (χ3v) is 3.67. The summed E-state index contributed by atoms with van der Waals surface area (Å²) >= 11 is 5.93. The van der Waals surface area contributed by atoms with Crippen molar-refractivity contribution in [2.45, 2.75) is 37.5 Å². The van der Waals surface area contributed by atoms with Gasteiger partial charge in [0.05, 0.1) is 7.11 Å². The minimum atomic E-state index is 1.02. The largest absolute Gasteiger partial charge is 0.385 e. The van der Waals surface area contributed by atoms with Crippen molar-refractivity contribution in [1.29, 1.82) is 0 Å². The van der Waals surface area contributed by atoms with Crippen LogP contribution in [-0.4, -0.2) is 19.4 Å². The molecule has 0 bridgehead atoms. The van der Waals surface area contributed by atoms with Gasteiger partial charge in [-0.05, 0) is 55.1 Å². The van der Waals surface area contributed by atoms with Gasteiger partial charge in [-0.25, -0.2) is 0 Å². The molecule has 0 amide bonds. The van der Waals surface area contributed by atoms with Gasteiger partial charge in [0.25, 0.3) is 0 Å². The number of benzene rings is 1. The first-order valence-corrected chi connectivity index (χ1v) is 7.85. The van der Waals surface area contributed by atoms with E-state index >= 15 is 0 Å². The summed E-state index contributed by atoms with van der Waals surface area (Å²) in [6.45, 7) is 3.23. The lowest BCUT2D eigenvalue weighted by Crippen LogP contribution is -2.04. The van der Waals surface area contributed by atoms with Crippen LogP contribution in [0.2, 0.25) is 0 Å². The molecule has 1 aromatic carbocycles. The predicted molar refractivity (Wildman–Crippen MR) is 84.9 cm³/mol. The smallest absolute Gasteiger partial charge is 0.0503 e. The third kappa shape index (κ3) is 6.03. The zero-order chi connectivity index (χ0) is 13.2. The van der Waals surface area contributed by atoms with E-state index in [2.05, 4.69) is 37.0 Å². The Hall–Kier alpha value is -0.320. The van der Waals surface area contributed by atoms with Crippen LogP contribution in [0.4, 0.5) is 5.69 Å². The highest BCUT2D eigenvalue weighted by molar-refractivity contribution is 7.94. The quantitative estimate of drug-likeness (QED) is 0.398. The molecule has 0 aliphatic carbocycles. The van der Waals surface area contributed by atoms with Gasteiger partial charge in [-0.3, -0.25) is 0 Å². The maximum atomic E-state index is 4.96. The highest BCUT2D eigenvalue weighted by atomic mass is 32.2. The number of anilines is 1. The normalized spacial score (nSPS) is 10.6. The summed E-state index contributed by atoms with van der Waals surface area (Å²) in [5.41, 5.74) is 2.63. The second kappa shape index (κ2) is 9.59. The zero-order valence-corrected chi connectivity index (χ0v) is 12.9. The molecule has 0 saturated carbocycles. The molecule has 0 saturated heterocycles. The molecule has 0 unspecified atom stereocenters. The standard InChI is InChI=1S/C14H23NOS2/c1-3-6-12-11-13(17)7-8-14(12)15-9-4-5-10-18-16-2/h7-8,11,15,17H,3-6,9-10H2,1-2H3. The van der Waals surface area contributed by atoms with Crippen molar-refractivity contribution in [3.05, 3.63) is 23.8 Å². The average molecular weight is 285 g/mol. The molecule has 0 aliphatic heterocycles. The van der Waals surface area contributed by atoms with Crippen LogP contribution in [0.1, 0.15) is 31.7 Å². The van der Waals surface area contributed by atoms with Crippen molar-refractivity contribution in [3.8, 4) is 0 Å². The van der Waals surface area contributed by atoms with Crippen LogP contribution in [0.3, 0.4) is 0 Å². The molecule has 0 radical (unpaired) electrons. The van der Waals surface area contributed by atoms with Gasteiger partial charge in [0.2, 0.25) is 0 Å². The van der Waals surface area contributed by atoms with Crippen LogP contribution >= 0.6 is 24.7 Å². The number of hydrogen-bond donors (Lipinski definition) is 2. The van der Waals surface area contributed by atoms with Crippen molar-refractivity contribution >= 4 is 30.4 Å². The lowest BCUT2D eigenvalue weighted by atomic mass is 10.1. The van der Waals surface area contributed by atoms with E-state index in [0.717, 1.165) is 30.0 Å². The second-order valence-corrected chi connectivity index (χ2v) is 5.71. The second-order valence-electron chi connectivity index (χ2n) is 4.21. The summed E-state index contributed by atoms with van der Waals surface area (Å²) in [4.78, 5) is 1.04. The Kier molecular flexibility index (Phi) is 8.38. The number of nitrogens with one attached hydrogen (secondary N) is 1.